The number of anilines is 2. The highest BCUT2D eigenvalue weighted by Crippen LogP contribution is 2.39. The second-order valence-corrected chi connectivity index (χ2v) is 7.92. The van der Waals surface area contributed by atoms with Crippen LogP contribution < -0.4 is 10.6 Å². The molecule has 4 N–H and O–H groups in total. The van der Waals surface area contributed by atoms with Crippen molar-refractivity contribution in [2.75, 3.05) is 10.6 Å². The van der Waals surface area contributed by atoms with Crippen LogP contribution in [0.1, 0.15) is 11.1 Å². The normalized spacial score (nSPS) is 14.8. The summed E-state index contributed by atoms with van der Waals surface area (Å²) in [5.74, 6) is 0.859. The van der Waals surface area contributed by atoms with Gasteiger partial charge in [-0.2, -0.15) is 0 Å². The largest absolute Gasteiger partial charge is 0.464 e. The van der Waals surface area contributed by atoms with Crippen LogP contribution in [0.2, 0.25) is 0 Å². The molecule has 0 spiro atoms. The number of benzene rings is 1. The standard InChI is InChI=1S/C19H16N3O5P/c23-19-16(10-20-14-5-3-12(4-6-14)11-28(24,25)26)15-8-13(9-21-18(15)22-19)17-2-1-7-27-17/h1-10,20H,11H2,(H,21,22,23)(H2,24,25,26). The Hall–Kier alpha value is -3.19. The Bertz CT molecular complexity index is 1100. The van der Waals surface area contributed by atoms with Crippen molar-refractivity contribution in [2.24, 2.45) is 0 Å². The second-order valence-electron chi connectivity index (χ2n) is 6.27. The molecule has 9 heteroatoms. The van der Waals surface area contributed by atoms with Gasteiger partial charge < -0.3 is 24.8 Å². The van der Waals surface area contributed by atoms with E-state index in [-0.39, 0.29) is 12.1 Å². The molecule has 2 aromatic heterocycles. The Morgan fingerprint density at radius 3 is 2.68 bits per heavy atom. The molecule has 0 saturated heterocycles. The molecule has 28 heavy (non-hydrogen) atoms. The SMILES string of the molecule is O=C1Nc2ncc(-c3ccco3)cc2C1=CNc1ccc(CP(=O)(O)O)cc1. The fraction of sp³-hybridized carbons (Fsp3) is 0.0526. The highest BCUT2D eigenvalue weighted by Gasteiger charge is 2.26. The minimum absolute atomic E-state index is 0.273. The summed E-state index contributed by atoms with van der Waals surface area (Å²) in [6, 6.07) is 12.0. The Morgan fingerprint density at radius 1 is 1.21 bits per heavy atom. The van der Waals surface area contributed by atoms with Crippen molar-refractivity contribution in [3.63, 3.8) is 0 Å². The molecule has 3 aromatic rings. The number of aromatic nitrogens is 1. The Balaban J connectivity index is 1.57. The minimum atomic E-state index is -4.11. The van der Waals surface area contributed by atoms with Gasteiger partial charge in [-0.15, -0.1) is 0 Å². The van der Waals surface area contributed by atoms with Crippen LogP contribution in [0.15, 0.2) is 65.5 Å². The monoisotopic (exact) mass is 397 g/mol. The van der Waals surface area contributed by atoms with E-state index in [4.69, 9.17) is 14.2 Å². The van der Waals surface area contributed by atoms with E-state index >= 15 is 0 Å². The van der Waals surface area contributed by atoms with Crippen molar-refractivity contribution in [1.29, 1.82) is 0 Å². The summed E-state index contributed by atoms with van der Waals surface area (Å²) in [5, 5.41) is 5.75. The molecule has 1 aliphatic heterocycles. The first-order chi connectivity index (χ1) is 13.4. The molecule has 0 radical (unpaired) electrons. The number of pyridine rings is 1. The van der Waals surface area contributed by atoms with E-state index < -0.39 is 7.60 Å². The summed E-state index contributed by atoms with van der Waals surface area (Å²) in [7, 11) is -4.11. The Labute approximate surface area is 160 Å². The van der Waals surface area contributed by atoms with Crippen LogP contribution in [0.25, 0.3) is 16.9 Å². The smallest absolute Gasteiger partial charge is 0.329 e. The molecule has 1 aliphatic rings. The van der Waals surface area contributed by atoms with E-state index in [1.165, 1.54) is 0 Å². The van der Waals surface area contributed by atoms with Gasteiger partial charge >= 0.3 is 7.60 Å². The lowest BCUT2D eigenvalue weighted by atomic mass is 10.1. The van der Waals surface area contributed by atoms with Gasteiger partial charge in [0.2, 0.25) is 0 Å². The van der Waals surface area contributed by atoms with Crippen LogP contribution in [0.5, 0.6) is 0 Å². The molecule has 0 bridgehead atoms. The number of rotatable bonds is 5. The van der Waals surface area contributed by atoms with Crippen molar-refractivity contribution >= 4 is 30.6 Å². The summed E-state index contributed by atoms with van der Waals surface area (Å²) >= 11 is 0. The molecule has 8 nitrogen and oxygen atoms in total. The average Bonchev–Trinajstić information content (AvgIpc) is 3.27. The predicted octanol–water partition coefficient (Wildman–Crippen LogP) is 3.42. The minimum Gasteiger partial charge on any atom is -0.464 e. The molecule has 1 aromatic carbocycles. The third-order valence-corrected chi connectivity index (χ3v) is 4.96. The zero-order valence-electron chi connectivity index (χ0n) is 14.5. The maximum Gasteiger partial charge on any atom is 0.329 e. The average molecular weight is 397 g/mol. The molecular weight excluding hydrogens is 381 g/mol. The third kappa shape index (κ3) is 3.89. The number of nitrogens with zero attached hydrogens (tertiary/aromatic N) is 1. The van der Waals surface area contributed by atoms with Crippen LogP contribution in [0, 0.1) is 0 Å². The zero-order valence-corrected chi connectivity index (χ0v) is 15.4. The van der Waals surface area contributed by atoms with Gasteiger partial charge in [-0.25, -0.2) is 4.98 Å². The lowest BCUT2D eigenvalue weighted by Crippen LogP contribution is -2.05. The van der Waals surface area contributed by atoms with Crippen molar-refractivity contribution < 1.29 is 23.6 Å². The number of hydrogen-bond donors (Lipinski definition) is 4. The Kier molecular flexibility index (Phi) is 4.60. The van der Waals surface area contributed by atoms with Crippen LogP contribution >= 0.6 is 7.60 Å². The number of amides is 1. The van der Waals surface area contributed by atoms with Crippen LogP contribution in [-0.4, -0.2) is 20.7 Å². The Morgan fingerprint density at radius 2 is 2.00 bits per heavy atom. The van der Waals surface area contributed by atoms with Gasteiger partial charge in [0, 0.05) is 29.2 Å². The summed E-state index contributed by atoms with van der Waals surface area (Å²) in [4.78, 5) is 34.6. The molecule has 0 aliphatic carbocycles. The number of furan rings is 1. The van der Waals surface area contributed by atoms with Crippen LogP contribution in [0.3, 0.4) is 0 Å². The van der Waals surface area contributed by atoms with Gasteiger partial charge in [0.15, 0.2) is 0 Å². The van der Waals surface area contributed by atoms with E-state index in [0.29, 0.717) is 34.0 Å². The lowest BCUT2D eigenvalue weighted by Gasteiger charge is -2.06. The quantitative estimate of drug-likeness (QED) is 0.384. The molecule has 142 valence electrons. The fourth-order valence-corrected chi connectivity index (χ4v) is 3.57. The van der Waals surface area contributed by atoms with E-state index in [9.17, 15) is 9.36 Å². The molecule has 0 fully saturated rings. The van der Waals surface area contributed by atoms with E-state index in [2.05, 4.69) is 15.6 Å². The summed E-state index contributed by atoms with van der Waals surface area (Å²) in [6.07, 6.45) is 4.46. The molecule has 3 heterocycles. The van der Waals surface area contributed by atoms with Crippen molar-refractivity contribution in [3.05, 3.63) is 72.3 Å². The van der Waals surface area contributed by atoms with Gasteiger partial charge in [0.1, 0.15) is 11.6 Å². The second kappa shape index (κ2) is 7.09. The van der Waals surface area contributed by atoms with Crippen LogP contribution in [0.4, 0.5) is 11.5 Å². The number of hydrogen-bond acceptors (Lipinski definition) is 5. The summed E-state index contributed by atoms with van der Waals surface area (Å²) in [6.45, 7) is 0. The van der Waals surface area contributed by atoms with E-state index in [1.807, 2.05) is 12.1 Å². The third-order valence-electron chi connectivity index (χ3n) is 4.19. The highest BCUT2D eigenvalue weighted by atomic mass is 31.2. The lowest BCUT2D eigenvalue weighted by molar-refractivity contribution is -0.110. The topological polar surface area (TPSA) is 125 Å². The maximum atomic E-state index is 12.3. The first-order valence-electron chi connectivity index (χ1n) is 8.35. The first-order valence-corrected chi connectivity index (χ1v) is 10.1. The molecular formula is C19H16N3O5P. The van der Waals surface area contributed by atoms with Crippen molar-refractivity contribution in [1.82, 2.24) is 4.98 Å². The predicted molar refractivity (Wildman–Crippen MR) is 104 cm³/mol. The van der Waals surface area contributed by atoms with Crippen molar-refractivity contribution in [2.45, 2.75) is 6.16 Å². The van der Waals surface area contributed by atoms with Gasteiger partial charge in [-0.3, -0.25) is 9.36 Å². The molecule has 0 saturated carbocycles. The molecule has 4 rings (SSSR count). The summed E-state index contributed by atoms with van der Waals surface area (Å²) < 4.78 is 16.4. The van der Waals surface area contributed by atoms with Gasteiger partial charge in [0.05, 0.1) is 18.0 Å². The van der Waals surface area contributed by atoms with Gasteiger partial charge in [-0.05, 0) is 35.9 Å². The number of nitrogens with one attached hydrogen (secondary N) is 2. The molecule has 1 amide bonds. The number of fused-ring (bicyclic) bond motifs is 1. The number of carbonyl (C=O) groups is 1. The van der Waals surface area contributed by atoms with Gasteiger partial charge in [0.25, 0.3) is 5.91 Å². The van der Waals surface area contributed by atoms with Crippen LogP contribution in [-0.2, 0) is 15.5 Å². The summed E-state index contributed by atoms with van der Waals surface area (Å²) in [5.41, 5.74) is 3.05. The first kappa shape index (κ1) is 18.2. The zero-order chi connectivity index (χ0) is 19.7. The molecule has 0 atom stereocenters. The van der Waals surface area contributed by atoms with Crippen molar-refractivity contribution in [3.8, 4) is 11.3 Å². The maximum absolute atomic E-state index is 12.3. The fourth-order valence-electron chi connectivity index (χ4n) is 2.89. The highest BCUT2D eigenvalue weighted by molar-refractivity contribution is 7.50. The van der Waals surface area contributed by atoms with E-state index in [1.54, 1.807) is 49.0 Å². The van der Waals surface area contributed by atoms with Gasteiger partial charge in [-0.1, -0.05) is 12.1 Å². The molecule has 0 unspecified atom stereocenters. The number of carbonyl (C=O) groups excluding carboxylic acids is 1. The van der Waals surface area contributed by atoms with E-state index in [0.717, 1.165) is 5.56 Å².